The van der Waals surface area contributed by atoms with Gasteiger partial charge in [-0.05, 0) is 49.6 Å². The molecule has 3 nitrogen and oxygen atoms in total. The Morgan fingerprint density at radius 1 is 1.17 bits per heavy atom. The molecule has 0 amide bonds. The third kappa shape index (κ3) is 6.21. The molecule has 2 rings (SSSR count). The number of rotatable bonds is 12. The van der Waals surface area contributed by atoms with Crippen molar-refractivity contribution in [1.82, 2.24) is 0 Å². The van der Waals surface area contributed by atoms with Crippen LogP contribution < -0.4 is 0 Å². The summed E-state index contributed by atoms with van der Waals surface area (Å²) in [4.78, 5) is 10.7. The number of carbonyl (C=O) groups excluding carboxylic acids is 1. The zero-order chi connectivity index (χ0) is 16.5. The zero-order valence-corrected chi connectivity index (χ0v) is 15.1. The van der Waals surface area contributed by atoms with Crippen molar-refractivity contribution in [1.29, 1.82) is 0 Å². The van der Waals surface area contributed by atoms with E-state index in [1.54, 1.807) is 0 Å². The number of ether oxygens (including phenoxy) is 2. The average Bonchev–Trinajstić information content (AvgIpc) is 3.12. The minimum Gasteiger partial charge on any atom is -0.381 e. The number of allylic oxidation sites excluding steroid dienone is 2. The second kappa shape index (κ2) is 10.5. The van der Waals surface area contributed by atoms with Gasteiger partial charge in [-0.2, -0.15) is 0 Å². The molecule has 4 atom stereocenters. The topological polar surface area (TPSA) is 35.5 Å². The fourth-order valence-corrected chi connectivity index (χ4v) is 3.96. The van der Waals surface area contributed by atoms with E-state index in [1.807, 2.05) is 0 Å². The first kappa shape index (κ1) is 19.0. The number of carbonyl (C=O) groups is 1. The van der Waals surface area contributed by atoms with Crippen LogP contribution in [0.5, 0.6) is 0 Å². The largest absolute Gasteiger partial charge is 0.381 e. The molecular weight excluding hydrogens is 312 g/mol. The first-order chi connectivity index (χ1) is 11.2. The SMILES string of the molecule is CCCCCCOC[C@H]1[C@@H](C/C=C\CCC(=O)Cl)[C@H]2CC[C@@H]1O2. The van der Waals surface area contributed by atoms with Gasteiger partial charge < -0.3 is 9.47 Å². The van der Waals surface area contributed by atoms with Crippen LogP contribution >= 0.6 is 11.6 Å². The molecular formula is C19H31ClO3. The Kier molecular flexibility index (Phi) is 8.63. The smallest absolute Gasteiger partial charge is 0.221 e. The van der Waals surface area contributed by atoms with Crippen LogP contribution in [0.25, 0.3) is 0 Å². The monoisotopic (exact) mass is 342 g/mol. The lowest BCUT2D eigenvalue weighted by Crippen LogP contribution is -2.30. The molecule has 23 heavy (non-hydrogen) atoms. The van der Waals surface area contributed by atoms with E-state index in [0.29, 0.717) is 30.5 Å². The zero-order valence-electron chi connectivity index (χ0n) is 14.3. The predicted molar refractivity (Wildman–Crippen MR) is 93.7 cm³/mol. The molecule has 2 bridgehead atoms. The summed E-state index contributed by atoms with van der Waals surface area (Å²) in [6.07, 6.45) is 14.7. The van der Waals surface area contributed by atoms with Crippen LogP contribution in [0.4, 0.5) is 0 Å². The van der Waals surface area contributed by atoms with Crippen molar-refractivity contribution in [3.05, 3.63) is 12.2 Å². The molecule has 2 heterocycles. The Morgan fingerprint density at radius 2 is 1.96 bits per heavy atom. The second-order valence-electron chi connectivity index (χ2n) is 6.85. The highest BCUT2D eigenvalue weighted by molar-refractivity contribution is 6.63. The third-order valence-electron chi connectivity index (χ3n) is 5.13. The van der Waals surface area contributed by atoms with Crippen molar-refractivity contribution >= 4 is 16.8 Å². The summed E-state index contributed by atoms with van der Waals surface area (Å²) >= 11 is 5.35. The standard InChI is InChI=1S/C19H31ClO3/c1-2-3-4-8-13-22-14-16-15(17-11-12-18(16)23-17)9-6-5-7-10-19(20)21/h5-6,15-18H,2-4,7-14H2,1H3/b6-5-/t15-,16+,17-,18+/m1/s1. The molecule has 0 N–H and O–H groups in total. The van der Waals surface area contributed by atoms with Crippen LogP contribution in [0.3, 0.4) is 0 Å². The van der Waals surface area contributed by atoms with Crippen LogP contribution in [-0.2, 0) is 14.3 Å². The van der Waals surface area contributed by atoms with Crippen molar-refractivity contribution < 1.29 is 14.3 Å². The van der Waals surface area contributed by atoms with Crippen molar-refractivity contribution in [2.24, 2.45) is 11.8 Å². The Bertz CT molecular complexity index is 383. The summed E-state index contributed by atoms with van der Waals surface area (Å²) in [5.74, 6) is 1.12. The fraction of sp³-hybridized carbons (Fsp3) is 0.842. The van der Waals surface area contributed by atoms with E-state index >= 15 is 0 Å². The summed E-state index contributed by atoms with van der Waals surface area (Å²) in [6, 6.07) is 0. The highest BCUT2D eigenvalue weighted by Gasteiger charge is 2.48. The molecule has 132 valence electrons. The van der Waals surface area contributed by atoms with E-state index in [-0.39, 0.29) is 5.24 Å². The number of fused-ring (bicyclic) bond motifs is 2. The minimum absolute atomic E-state index is 0.257. The van der Waals surface area contributed by atoms with Gasteiger partial charge in [-0.15, -0.1) is 0 Å². The van der Waals surface area contributed by atoms with Gasteiger partial charge in [0, 0.05) is 18.9 Å². The van der Waals surface area contributed by atoms with E-state index < -0.39 is 0 Å². The first-order valence-electron chi connectivity index (χ1n) is 9.29. The van der Waals surface area contributed by atoms with E-state index in [1.165, 1.54) is 38.5 Å². The quantitative estimate of drug-likeness (QED) is 0.288. The van der Waals surface area contributed by atoms with E-state index in [2.05, 4.69) is 19.1 Å². The van der Waals surface area contributed by atoms with E-state index in [9.17, 15) is 4.79 Å². The molecule has 2 aliphatic heterocycles. The van der Waals surface area contributed by atoms with Gasteiger partial charge in [0.15, 0.2) is 0 Å². The first-order valence-corrected chi connectivity index (χ1v) is 9.66. The van der Waals surface area contributed by atoms with Crippen LogP contribution in [0.1, 0.15) is 64.7 Å². The molecule has 0 radical (unpaired) electrons. The summed E-state index contributed by atoms with van der Waals surface area (Å²) < 4.78 is 12.0. The Hall–Kier alpha value is -0.380. The van der Waals surface area contributed by atoms with Gasteiger partial charge >= 0.3 is 0 Å². The molecule has 0 spiro atoms. The highest BCUT2D eigenvalue weighted by Crippen LogP contribution is 2.45. The lowest BCUT2D eigenvalue weighted by Gasteiger charge is -2.27. The van der Waals surface area contributed by atoms with Crippen molar-refractivity contribution in [2.75, 3.05) is 13.2 Å². The molecule has 2 fully saturated rings. The second-order valence-corrected chi connectivity index (χ2v) is 7.28. The Morgan fingerprint density at radius 3 is 2.70 bits per heavy atom. The van der Waals surface area contributed by atoms with Gasteiger partial charge in [0.05, 0.1) is 18.8 Å². The van der Waals surface area contributed by atoms with Gasteiger partial charge in [0.1, 0.15) is 0 Å². The van der Waals surface area contributed by atoms with E-state index in [0.717, 1.165) is 26.1 Å². The van der Waals surface area contributed by atoms with Gasteiger partial charge in [-0.25, -0.2) is 0 Å². The molecule has 0 aromatic heterocycles. The highest BCUT2D eigenvalue weighted by atomic mass is 35.5. The molecule has 0 aromatic rings. The average molecular weight is 343 g/mol. The normalized spacial score (nSPS) is 29.7. The molecule has 2 aliphatic rings. The third-order valence-corrected chi connectivity index (χ3v) is 5.31. The molecule has 0 saturated carbocycles. The molecule has 2 saturated heterocycles. The molecule has 0 aromatic carbocycles. The lowest BCUT2D eigenvalue weighted by atomic mass is 9.78. The summed E-state index contributed by atoms with van der Waals surface area (Å²) in [5.41, 5.74) is 0. The predicted octanol–water partition coefficient (Wildman–Crippen LogP) is 4.87. The van der Waals surface area contributed by atoms with Crippen LogP contribution in [0.2, 0.25) is 0 Å². The van der Waals surface area contributed by atoms with Crippen LogP contribution in [0, 0.1) is 11.8 Å². The van der Waals surface area contributed by atoms with E-state index in [4.69, 9.17) is 21.1 Å². The number of hydrogen-bond donors (Lipinski definition) is 0. The Balaban J connectivity index is 1.68. The van der Waals surface area contributed by atoms with Crippen LogP contribution in [-0.4, -0.2) is 30.7 Å². The maximum atomic E-state index is 10.7. The molecule has 4 heteroatoms. The molecule has 0 unspecified atom stereocenters. The lowest BCUT2D eigenvalue weighted by molar-refractivity contribution is -0.111. The summed E-state index contributed by atoms with van der Waals surface area (Å²) in [7, 11) is 0. The maximum Gasteiger partial charge on any atom is 0.221 e. The van der Waals surface area contributed by atoms with Gasteiger partial charge in [0.25, 0.3) is 0 Å². The summed E-state index contributed by atoms with van der Waals surface area (Å²) in [6.45, 7) is 3.95. The summed E-state index contributed by atoms with van der Waals surface area (Å²) in [5, 5.41) is -0.257. The van der Waals surface area contributed by atoms with Crippen molar-refractivity contribution in [2.45, 2.75) is 76.9 Å². The van der Waals surface area contributed by atoms with Crippen molar-refractivity contribution in [3.63, 3.8) is 0 Å². The Labute approximate surface area is 145 Å². The van der Waals surface area contributed by atoms with Gasteiger partial charge in [-0.1, -0.05) is 38.3 Å². The number of unbranched alkanes of at least 4 members (excludes halogenated alkanes) is 3. The molecule has 0 aliphatic carbocycles. The van der Waals surface area contributed by atoms with Crippen molar-refractivity contribution in [3.8, 4) is 0 Å². The number of hydrogen-bond acceptors (Lipinski definition) is 3. The minimum atomic E-state index is -0.257. The van der Waals surface area contributed by atoms with Gasteiger partial charge in [0.2, 0.25) is 5.24 Å². The fourth-order valence-electron chi connectivity index (χ4n) is 3.85. The van der Waals surface area contributed by atoms with Gasteiger partial charge in [-0.3, -0.25) is 4.79 Å². The van der Waals surface area contributed by atoms with Crippen LogP contribution in [0.15, 0.2) is 12.2 Å². The maximum absolute atomic E-state index is 10.7. The number of halogens is 1.